The fourth-order valence-corrected chi connectivity index (χ4v) is 8.77. The molecule has 0 spiro atoms. The van der Waals surface area contributed by atoms with Crippen molar-refractivity contribution in [1.82, 2.24) is 4.31 Å². The van der Waals surface area contributed by atoms with Crippen LogP contribution in [0.25, 0.3) is 0 Å². The van der Waals surface area contributed by atoms with Crippen LogP contribution in [0.3, 0.4) is 0 Å². The number of nitrogens with zero attached hydrogens (tertiary/aromatic N) is 2. The summed E-state index contributed by atoms with van der Waals surface area (Å²) in [7, 11) is -4.00. The maximum absolute atomic E-state index is 13.8. The molecule has 0 aliphatic heterocycles. The molecule has 0 bridgehead atoms. The van der Waals surface area contributed by atoms with Gasteiger partial charge in [0.25, 0.3) is 11.8 Å². The fourth-order valence-electron chi connectivity index (χ4n) is 7.03. The van der Waals surface area contributed by atoms with E-state index < -0.39 is 39.7 Å². The van der Waals surface area contributed by atoms with E-state index >= 15 is 0 Å². The molecule has 0 heterocycles. The van der Waals surface area contributed by atoms with Crippen molar-refractivity contribution in [3.8, 4) is 0 Å². The van der Waals surface area contributed by atoms with Crippen molar-refractivity contribution in [3.63, 3.8) is 0 Å². The third-order valence-electron chi connectivity index (χ3n) is 10.2. The number of sulfonamides is 1. The molecule has 0 radical (unpaired) electrons. The molecule has 4 aromatic rings. The molecule has 294 valence electrons. The molecule has 0 aromatic heterocycles. The molecule has 0 atom stereocenters. The Bertz CT molecular complexity index is 2120. The van der Waals surface area contributed by atoms with Gasteiger partial charge in [0.05, 0.1) is 27.6 Å². The second kappa shape index (κ2) is 22.9. The van der Waals surface area contributed by atoms with Gasteiger partial charge in [-0.2, -0.15) is 4.31 Å². The SMILES string of the molecule is CCN(CC)c1ccc(NC(=O)c2cccc(S(=O)(=O)N(CC)C3CCC(C(=O)O)CC3)c2)c(C(=O)Nc2ccc(CCc3ccc(C(=O)O)cc3)cc2)c1.[KH].[KH]. The van der Waals surface area contributed by atoms with E-state index in [1.807, 2.05) is 32.0 Å². The summed E-state index contributed by atoms with van der Waals surface area (Å²) in [4.78, 5) is 52.2. The molecule has 1 saturated carbocycles. The van der Waals surface area contributed by atoms with E-state index in [1.54, 1.807) is 55.5 Å². The summed E-state index contributed by atoms with van der Waals surface area (Å²) in [6.45, 7) is 7.36. The van der Waals surface area contributed by atoms with Crippen molar-refractivity contribution < 1.29 is 37.8 Å². The van der Waals surface area contributed by atoms with Gasteiger partial charge < -0.3 is 25.7 Å². The van der Waals surface area contributed by atoms with Gasteiger partial charge in [0.1, 0.15) is 0 Å². The number of carboxylic acid groups (broad SMARTS) is 2. The van der Waals surface area contributed by atoms with Crippen LogP contribution in [0.4, 0.5) is 17.1 Å². The zero-order valence-corrected chi connectivity index (χ0v) is 32.1. The van der Waals surface area contributed by atoms with E-state index in [1.165, 1.54) is 28.6 Å². The Morgan fingerprint density at radius 3 is 1.82 bits per heavy atom. The van der Waals surface area contributed by atoms with E-state index in [9.17, 15) is 32.7 Å². The number of benzene rings is 4. The number of carbonyl (C=O) groups excluding carboxylic acids is 2. The zero-order valence-electron chi connectivity index (χ0n) is 31.3. The number of aliphatic carboxylic acids is 1. The topological polar surface area (TPSA) is 173 Å². The Morgan fingerprint density at radius 1 is 0.684 bits per heavy atom. The number of carbonyl (C=O) groups is 4. The second-order valence-electron chi connectivity index (χ2n) is 13.6. The summed E-state index contributed by atoms with van der Waals surface area (Å²) in [6.07, 6.45) is 3.11. The number of hydrogen-bond acceptors (Lipinski definition) is 7. The Morgan fingerprint density at radius 2 is 1.28 bits per heavy atom. The average Bonchev–Trinajstić information content (AvgIpc) is 3.19. The van der Waals surface area contributed by atoms with Crippen molar-refractivity contribution in [2.45, 2.75) is 70.2 Å². The number of hydrogen-bond donors (Lipinski definition) is 4. The van der Waals surface area contributed by atoms with Crippen LogP contribution < -0.4 is 15.5 Å². The molecular weight excluding hydrogens is 799 g/mol. The first-order valence-corrected chi connectivity index (χ1v) is 20.1. The predicted molar refractivity (Wildman–Crippen MR) is 227 cm³/mol. The standard InChI is InChI=1S/C42H48N4O8S.2K.2H/c1-4-45(5-2)35-24-25-38(37(27-35)40(48)43-33-20-14-29(15-21-33)11-10-28-12-16-30(17-13-28)41(49)50)44-39(47)32-8-7-9-36(26-32)55(53,54)46(6-3)34-22-18-31(19-23-34)42(51)52;;;;/h7-9,12-17,20-21,24-27,31,34H,4-6,10-11,18-19,22-23H2,1-3H3,(H,43,48)(H,44,47)(H,49,50)(H,51,52);;;;. The summed E-state index contributed by atoms with van der Waals surface area (Å²) in [5, 5.41) is 24.3. The molecule has 0 saturated heterocycles. The number of aryl methyl sites for hydroxylation is 2. The van der Waals surface area contributed by atoms with Crippen molar-refractivity contribution in [2.24, 2.45) is 5.92 Å². The molecular formula is C42H50K2N4O8S. The molecule has 15 heteroatoms. The van der Waals surface area contributed by atoms with E-state index in [2.05, 4.69) is 15.5 Å². The van der Waals surface area contributed by atoms with Crippen LogP contribution in [-0.2, 0) is 27.7 Å². The van der Waals surface area contributed by atoms with Gasteiger partial charge in [-0.1, -0.05) is 37.3 Å². The van der Waals surface area contributed by atoms with Gasteiger partial charge in [0, 0.05) is 42.6 Å². The number of rotatable bonds is 16. The summed E-state index contributed by atoms with van der Waals surface area (Å²) >= 11 is 0. The summed E-state index contributed by atoms with van der Waals surface area (Å²) in [5.41, 5.74) is 4.21. The fraction of sp³-hybridized carbons (Fsp3) is 0.333. The zero-order chi connectivity index (χ0) is 39.7. The number of carboxylic acids is 2. The molecule has 5 rings (SSSR count). The van der Waals surface area contributed by atoms with E-state index in [-0.39, 0.29) is 143 Å². The Labute approximate surface area is 420 Å². The van der Waals surface area contributed by atoms with Crippen LogP contribution in [0.5, 0.6) is 0 Å². The number of nitrogens with one attached hydrogen (secondary N) is 2. The minimum absolute atomic E-state index is 0. The molecule has 4 N–H and O–H groups in total. The number of amides is 2. The Balaban J connectivity index is 0.00000435. The van der Waals surface area contributed by atoms with Gasteiger partial charge in [0.15, 0.2) is 0 Å². The van der Waals surface area contributed by atoms with Gasteiger partial charge in [-0.3, -0.25) is 14.4 Å². The summed E-state index contributed by atoms with van der Waals surface area (Å²) in [5.74, 6) is -3.34. The third-order valence-corrected chi connectivity index (χ3v) is 12.2. The molecule has 1 aliphatic carbocycles. The third kappa shape index (κ3) is 12.9. The monoisotopic (exact) mass is 848 g/mol. The normalized spacial score (nSPS) is 15.1. The van der Waals surface area contributed by atoms with Crippen LogP contribution in [0, 0.1) is 5.92 Å². The first-order chi connectivity index (χ1) is 26.3. The predicted octanol–water partition coefficient (Wildman–Crippen LogP) is 5.88. The number of aromatic carboxylic acids is 1. The summed E-state index contributed by atoms with van der Waals surface area (Å²) in [6, 6.07) is 24.9. The van der Waals surface area contributed by atoms with Gasteiger partial charge in [0.2, 0.25) is 10.0 Å². The minimum atomic E-state index is -4.00. The van der Waals surface area contributed by atoms with E-state index in [0.29, 0.717) is 50.9 Å². The first kappa shape index (κ1) is 49.1. The van der Waals surface area contributed by atoms with Crippen LogP contribution in [0.1, 0.15) is 88.7 Å². The molecule has 1 fully saturated rings. The summed E-state index contributed by atoms with van der Waals surface area (Å²) < 4.78 is 29.1. The van der Waals surface area contributed by atoms with Gasteiger partial charge in [-0.15, -0.1) is 0 Å². The van der Waals surface area contributed by atoms with E-state index in [4.69, 9.17) is 5.11 Å². The van der Waals surface area contributed by atoms with Crippen molar-refractivity contribution >= 4 is 154 Å². The average molecular weight is 849 g/mol. The van der Waals surface area contributed by atoms with Crippen molar-refractivity contribution in [1.29, 1.82) is 0 Å². The van der Waals surface area contributed by atoms with Crippen LogP contribution >= 0.6 is 0 Å². The second-order valence-corrected chi connectivity index (χ2v) is 15.5. The molecule has 57 heavy (non-hydrogen) atoms. The van der Waals surface area contributed by atoms with Crippen LogP contribution in [0.15, 0.2) is 95.9 Å². The Hall–Kier alpha value is -2.26. The quantitative estimate of drug-likeness (QED) is 0.101. The molecule has 12 nitrogen and oxygen atoms in total. The van der Waals surface area contributed by atoms with Gasteiger partial charge in [-0.25, -0.2) is 13.2 Å². The van der Waals surface area contributed by atoms with Crippen LogP contribution in [-0.4, -0.2) is 175 Å². The van der Waals surface area contributed by atoms with Gasteiger partial charge in [-0.05, 0) is 124 Å². The van der Waals surface area contributed by atoms with Crippen molar-refractivity contribution in [2.75, 3.05) is 35.2 Å². The first-order valence-electron chi connectivity index (χ1n) is 18.6. The van der Waals surface area contributed by atoms with Gasteiger partial charge >= 0.3 is 115 Å². The molecule has 4 aromatic carbocycles. The molecule has 1 aliphatic rings. The molecule has 0 unspecified atom stereocenters. The Kier molecular flexibility index (Phi) is 19.8. The molecule has 2 amide bonds. The van der Waals surface area contributed by atoms with Crippen LogP contribution in [0.2, 0.25) is 0 Å². The number of anilines is 3. The van der Waals surface area contributed by atoms with Crippen molar-refractivity contribution in [3.05, 3.63) is 119 Å². The maximum atomic E-state index is 13.8. The van der Waals surface area contributed by atoms with E-state index in [0.717, 1.165) is 23.2 Å².